The fourth-order valence-corrected chi connectivity index (χ4v) is 6.41. The summed E-state index contributed by atoms with van der Waals surface area (Å²) in [4.78, 5) is 17.2. The summed E-state index contributed by atoms with van der Waals surface area (Å²) in [7, 11) is 0. The lowest BCUT2D eigenvalue weighted by molar-refractivity contribution is 0.0831. The second kappa shape index (κ2) is 8.31. The van der Waals surface area contributed by atoms with E-state index < -0.39 is 4.75 Å². The summed E-state index contributed by atoms with van der Waals surface area (Å²) < 4.78 is 7.29. The molecule has 2 aromatic carbocycles. The van der Waals surface area contributed by atoms with Crippen LogP contribution in [0.1, 0.15) is 28.8 Å². The first kappa shape index (κ1) is 20.7. The van der Waals surface area contributed by atoms with Crippen molar-refractivity contribution in [3.8, 4) is 5.75 Å². The summed E-state index contributed by atoms with van der Waals surface area (Å²) in [6.07, 6.45) is 2.37. The molecule has 1 fully saturated rings. The van der Waals surface area contributed by atoms with Gasteiger partial charge in [-0.15, -0.1) is 11.8 Å². The van der Waals surface area contributed by atoms with E-state index in [2.05, 4.69) is 36.8 Å². The largest absolute Gasteiger partial charge is 0.490 e. The van der Waals surface area contributed by atoms with Crippen LogP contribution in [0.2, 0.25) is 5.02 Å². The van der Waals surface area contributed by atoms with Crippen molar-refractivity contribution in [1.29, 1.82) is 0 Å². The summed E-state index contributed by atoms with van der Waals surface area (Å²) in [5, 5.41) is 0.692. The smallest absolute Gasteiger partial charge is 0.187 e. The molecule has 2 aliphatic heterocycles. The van der Waals surface area contributed by atoms with Gasteiger partial charge in [-0.3, -0.25) is 4.79 Å². The molecule has 0 aromatic heterocycles. The maximum atomic E-state index is 13.8. The summed E-state index contributed by atoms with van der Waals surface area (Å²) in [5.41, 5.74) is 1.67. The van der Waals surface area contributed by atoms with Gasteiger partial charge in [0.1, 0.15) is 17.1 Å². The van der Waals surface area contributed by atoms with Crippen LogP contribution in [-0.2, 0) is 0 Å². The molecule has 1 saturated heterocycles. The van der Waals surface area contributed by atoms with E-state index in [4.69, 9.17) is 16.3 Å². The highest BCUT2D eigenvalue weighted by atomic mass is 79.9. The van der Waals surface area contributed by atoms with Crippen molar-refractivity contribution in [3.05, 3.63) is 55.4 Å². The number of fused-ring (bicyclic) bond motifs is 1. The Kier molecular flexibility index (Phi) is 6.15. The zero-order valence-corrected chi connectivity index (χ0v) is 20.2. The molecule has 0 spiro atoms. The second-order valence-corrected chi connectivity index (χ2v) is 10.9. The first-order valence-corrected chi connectivity index (χ1v) is 12.0. The van der Waals surface area contributed by atoms with Gasteiger partial charge in [-0.25, -0.2) is 0 Å². The molecular formula is C21H20Br2ClNO2S. The van der Waals surface area contributed by atoms with E-state index in [1.807, 2.05) is 37.3 Å². The molecule has 0 amide bonds. The van der Waals surface area contributed by atoms with Gasteiger partial charge in [-0.1, -0.05) is 27.5 Å². The van der Waals surface area contributed by atoms with Crippen molar-refractivity contribution in [2.24, 2.45) is 0 Å². The van der Waals surface area contributed by atoms with Crippen molar-refractivity contribution in [3.63, 3.8) is 0 Å². The molecule has 2 heterocycles. The molecule has 4 rings (SSSR count). The number of rotatable bonds is 4. The first-order valence-electron chi connectivity index (χ1n) is 9.23. The summed E-state index contributed by atoms with van der Waals surface area (Å²) in [6.45, 7) is 5.09. The van der Waals surface area contributed by atoms with Crippen LogP contribution in [0.4, 0.5) is 0 Å². The topological polar surface area (TPSA) is 29.5 Å². The highest BCUT2D eigenvalue weighted by Gasteiger charge is 2.47. The Labute approximate surface area is 191 Å². The minimum atomic E-state index is -0.681. The molecule has 0 bridgehead atoms. The number of Topliss-reactive ketones (excluding diaryl/α,β-unsaturated/α-hetero) is 1. The molecule has 1 atom stereocenters. The number of carbonyl (C=O) groups is 1. The standard InChI is InChI=1S/C21H20Br2ClNO2S/c1-13-17(22)10-16-19(18(13)23)27-12-21(20(16)26,11-25-8-2-3-9-25)28-15-6-4-14(24)5-7-15/h4-7,10H,2-3,8-9,11-12H2,1H3/t21-/m1/s1. The van der Waals surface area contributed by atoms with E-state index in [0.717, 1.165) is 32.5 Å². The number of likely N-dealkylation sites (tertiary alicyclic amines) is 1. The van der Waals surface area contributed by atoms with Crippen molar-refractivity contribution in [2.75, 3.05) is 26.2 Å². The van der Waals surface area contributed by atoms with Crippen molar-refractivity contribution >= 4 is 61.0 Å². The van der Waals surface area contributed by atoms with Crippen molar-refractivity contribution < 1.29 is 9.53 Å². The molecule has 3 nitrogen and oxygen atoms in total. The zero-order chi connectivity index (χ0) is 19.9. The quantitative estimate of drug-likeness (QED) is 0.446. The van der Waals surface area contributed by atoms with E-state index in [1.165, 1.54) is 12.8 Å². The average molecular weight is 546 g/mol. The minimum Gasteiger partial charge on any atom is -0.490 e. The Balaban J connectivity index is 1.75. The molecule has 0 saturated carbocycles. The van der Waals surface area contributed by atoms with Gasteiger partial charge in [0.2, 0.25) is 0 Å². The summed E-state index contributed by atoms with van der Waals surface area (Å²) in [5.74, 6) is 0.779. The lowest BCUT2D eigenvalue weighted by Gasteiger charge is -2.39. The minimum absolute atomic E-state index is 0.127. The highest BCUT2D eigenvalue weighted by Crippen LogP contribution is 2.47. The monoisotopic (exact) mass is 543 g/mol. The molecule has 2 aromatic rings. The van der Waals surface area contributed by atoms with Crippen LogP contribution in [0.5, 0.6) is 5.75 Å². The maximum Gasteiger partial charge on any atom is 0.187 e. The Bertz CT molecular complexity index is 916. The van der Waals surface area contributed by atoms with E-state index in [0.29, 0.717) is 29.5 Å². The predicted octanol–water partition coefficient (Wildman–Crippen LogP) is 6.38. The fraction of sp³-hybridized carbons (Fsp3) is 0.381. The first-order chi connectivity index (χ1) is 13.4. The van der Waals surface area contributed by atoms with Gasteiger partial charge in [-0.2, -0.15) is 0 Å². The molecule has 28 heavy (non-hydrogen) atoms. The van der Waals surface area contributed by atoms with Gasteiger partial charge in [0.15, 0.2) is 5.78 Å². The highest BCUT2D eigenvalue weighted by molar-refractivity contribution is 9.11. The van der Waals surface area contributed by atoms with E-state index in [1.54, 1.807) is 11.8 Å². The normalized spacial score (nSPS) is 22.2. The molecule has 2 aliphatic rings. The van der Waals surface area contributed by atoms with Crippen LogP contribution in [0, 0.1) is 6.92 Å². The molecule has 0 unspecified atom stereocenters. The number of hydrogen-bond acceptors (Lipinski definition) is 4. The van der Waals surface area contributed by atoms with E-state index >= 15 is 0 Å². The number of thioether (sulfide) groups is 1. The third-order valence-electron chi connectivity index (χ3n) is 5.32. The summed E-state index contributed by atoms with van der Waals surface area (Å²) >= 11 is 14.8. The van der Waals surface area contributed by atoms with Crippen LogP contribution in [0.25, 0.3) is 0 Å². The lowest BCUT2D eigenvalue weighted by atomic mass is 9.92. The Hall–Kier alpha value is -0.530. The third-order valence-corrected chi connectivity index (χ3v) is 8.68. The lowest BCUT2D eigenvalue weighted by Crippen LogP contribution is -2.52. The van der Waals surface area contributed by atoms with Crippen LogP contribution in [-0.4, -0.2) is 41.7 Å². The maximum absolute atomic E-state index is 13.8. The van der Waals surface area contributed by atoms with Crippen LogP contribution >= 0.6 is 55.2 Å². The molecule has 148 valence electrons. The number of halogens is 3. The third kappa shape index (κ3) is 3.91. The van der Waals surface area contributed by atoms with E-state index in [-0.39, 0.29) is 5.78 Å². The van der Waals surface area contributed by atoms with Gasteiger partial charge in [0.05, 0.1) is 10.0 Å². The van der Waals surface area contributed by atoms with E-state index in [9.17, 15) is 4.79 Å². The number of benzene rings is 2. The number of hydrogen-bond donors (Lipinski definition) is 0. The second-order valence-electron chi connectivity index (χ2n) is 7.33. The molecule has 0 radical (unpaired) electrons. The number of carbonyl (C=O) groups excluding carboxylic acids is 1. The van der Waals surface area contributed by atoms with Crippen LogP contribution in [0.3, 0.4) is 0 Å². The number of nitrogens with zero attached hydrogens (tertiary/aromatic N) is 1. The molecule has 0 N–H and O–H groups in total. The van der Waals surface area contributed by atoms with Gasteiger partial charge in [0, 0.05) is 20.9 Å². The van der Waals surface area contributed by atoms with Gasteiger partial charge in [-0.05, 0) is 84.7 Å². The predicted molar refractivity (Wildman–Crippen MR) is 122 cm³/mol. The Morgan fingerprint density at radius 1 is 1.21 bits per heavy atom. The van der Waals surface area contributed by atoms with Crippen molar-refractivity contribution in [1.82, 2.24) is 4.90 Å². The van der Waals surface area contributed by atoms with Crippen LogP contribution < -0.4 is 4.74 Å². The van der Waals surface area contributed by atoms with Crippen molar-refractivity contribution in [2.45, 2.75) is 29.4 Å². The molecular weight excluding hydrogens is 526 g/mol. The Morgan fingerprint density at radius 2 is 1.89 bits per heavy atom. The molecule has 7 heteroatoms. The average Bonchev–Trinajstić information content (AvgIpc) is 3.18. The van der Waals surface area contributed by atoms with Gasteiger partial charge in [0.25, 0.3) is 0 Å². The summed E-state index contributed by atoms with van der Waals surface area (Å²) in [6, 6.07) is 9.58. The van der Waals surface area contributed by atoms with Crippen LogP contribution in [0.15, 0.2) is 44.2 Å². The van der Waals surface area contributed by atoms with Gasteiger partial charge >= 0.3 is 0 Å². The van der Waals surface area contributed by atoms with Gasteiger partial charge < -0.3 is 9.64 Å². The number of ketones is 1. The zero-order valence-electron chi connectivity index (χ0n) is 15.4. The fourth-order valence-electron chi connectivity index (χ4n) is 3.76. The Morgan fingerprint density at radius 3 is 2.57 bits per heavy atom. The SMILES string of the molecule is Cc1c(Br)cc2c(c1Br)OC[C@@](CN1CCCC1)(Sc1ccc(Cl)cc1)C2=O. The number of ether oxygens (including phenoxy) is 1. The molecule has 0 aliphatic carbocycles.